The van der Waals surface area contributed by atoms with Crippen LogP contribution in [-0.2, 0) is 0 Å². The van der Waals surface area contributed by atoms with Crippen molar-refractivity contribution in [2.75, 3.05) is 0 Å². The van der Waals surface area contributed by atoms with Crippen LogP contribution in [0, 0.1) is 13.8 Å². The van der Waals surface area contributed by atoms with E-state index in [2.05, 4.69) is 95.5 Å². The zero-order chi connectivity index (χ0) is 19.3. The zero-order valence-electron chi connectivity index (χ0n) is 15.9. The second-order valence-corrected chi connectivity index (χ2v) is 8.49. The van der Waals surface area contributed by atoms with Crippen molar-refractivity contribution >= 4 is 21.6 Å². The molecule has 0 amide bonds. The van der Waals surface area contributed by atoms with Gasteiger partial charge in [-0.25, -0.2) is 5.01 Å². The first-order valence-corrected chi connectivity index (χ1v) is 10.3. The molecule has 2 atom stereocenters. The van der Waals surface area contributed by atoms with Crippen LogP contribution in [0.3, 0.4) is 0 Å². The minimum Gasteiger partial charge on any atom is -0.464 e. The molecule has 0 N–H and O–H groups in total. The van der Waals surface area contributed by atoms with Crippen LogP contribution in [-0.4, -0.2) is 10.7 Å². The number of hydrogen-bond acceptors (Lipinski definition) is 3. The van der Waals surface area contributed by atoms with Crippen molar-refractivity contribution in [2.45, 2.75) is 32.5 Å². The van der Waals surface area contributed by atoms with Gasteiger partial charge in [0.05, 0.1) is 11.8 Å². The van der Waals surface area contributed by atoms with Crippen LogP contribution in [0.1, 0.15) is 46.5 Å². The minimum atomic E-state index is -0.220. The van der Waals surface area contributed by atoms with Gasteiger partial charge in [-0.1, -0.05) is 75.6 Å². The van der Waals surface area contributed by atoms with Gasteiger partial charge in [0.1, 0.15) is 5.75 Å². The van der Waals surface area contributed by atoms with Crippen molar-refractivity contribution in [1.29, 1.82) is 0 Å². The lowest BCUT2D eigenvalue weighted by Gasteiger charge is -2.38. The van der Waals surface area contributed by atoms with Crippen LogP contribution in [0.25, 0.3) is 0 Å². The first kappa shape index (κ1) is 17.5. The Morgan fingerprint density at radius 2 is 1.61 bits per heavy atom. The van der Waals surface area contributed by atoms with Crippen molar-refractivity contribution in [3.63, 3.8) is 0 Å². The molecule has 0 saturated heterocycles. The minimum absolute atomic E-state index is 0.170. The van der Waals surface area contributed by atoms with E-state index in [9.17, 15) is 0 Å². The zero-order valence-corrected chi connectivity index (χ0v) is 17.5. The van der Waals surface area contributed by atoms with Crippen molar-refractivity contribution < 1.29 is 4.74 Å². The van der Waals surface area contributed by atoms with Gasteiger partial charge in [0.2, 0.25) is 6.23 Å². The Balaban J connectivity index is 1.59. The van der Waals surface area contributed by atoms with Crippen LogP contribution >= 0.6 is 15.9 Å². The summed E-state index contributed by atoms with van der Waals surface area (Å²) in [6, 6.07) is 23.6. The van der Waals surface area contributed by atoms with E-state index in [0.717, 1.165) is 27.9 Å². The molecule has 28 heavy (non-hydrogen) atoms. The van der Waals surface area contributed by atoms with E-state index < -0.39 is 0 Å². The van der Waals surface area contributed by atoms with E-state index in [1.807, 2.05) is 6.07 Å². The average Bonchev–Trinajstić information content (AvgIpc) is 3.14. The molecule has 0 fully saturated rings. The van der Waals surface area contributed by atoms with E-state index in [1.54, 1.807) is 0 Å². The molecule has 0 radical (unpaired) electrons. The van der Waals surface area contributed by atoms with Crippen LogP contribution in [0.5, 0.6) is 5.75 Å². The number of aryl methyl sites for hydroxylation is 2. The third-order valence-electron chi connectivity index (χ3n) is 5.50. The van der Waals surface area contributed by atoms with Gasteiger partial charge >= 0.3 is 0 Å². The normalized spacial score (nSPS) is 20.2. The van der Waals surface area contributed by atoms with E-state index in [-0.39, 0.29) is 12.3 Å². The van der Waals surface area contributed by atoms with Gasteiger partial charge in [-0.15, -0.1) is 0 Å². The van der Waals surface area contributed by atoms with Crippen molar-refractivity contribution in [3.8, 4) is 5.75 Å². The average molecular weight is 433 g/mol. The van der Waals surface area contributed by atoms with Gasteiger partial charge in [0, 0.05) is 22.0 Å². The SMILES string of the molecule is Cc1ccc(C2=NN3[C@@H](c4ccc(C)cc4)Oc4ccc(Br)cc4[C@@H]3C2)cc1. The Labute approximate surface area is 173 Å². The first-order valence-electron chi connectivity index (χ1n) is 9.54. The molecular formula is C24H21BrN2O. The Morgan fingerprint density at radius 3 is 2.32 bits per heavy atom. The summed E-state index contributed by atoms with van der Waals surface area (Å²) in [7, 11) is 0. The lowest BCUT2D eigenvalue weighted by Crippen LogP contribution is -2.33. The summed E-state index contributed by atoms with van der Waals surface area (Å²) in [6.45, 7) is 4.21. The summed E-state index contributed by atoms with van der Waals surface area (Å²) in [5, 5.41) is 7.16. The number of hydrogen-bond donors (Lipinski definition) is 0. The molecule has 2 aliphatic rings. The van der Waals surface area contributed by atoms with E-state index >= 15 is 0 Å². The molecule has 0 aliphatic carbocycles. The Morgan fingerprint density at radius 1 is 0.929 bits per heavy atom. The largest absolute Gasteiger partial charge is 0.464 e. The number of rotatable bonds is 2. The van der Waals surface area contributed by atoms with E-state index in [0.29, 0.717) is 0 Å². The highest BCUT2D eigenvalue weighted by atomic mass is 79.9. The van der Waals surface area contributed by atoms with Gasteiger partial charge in [-0.05, 0) is 37.6 Å². The second kappa shape index (κ2) is 6.78. The molecule has 0 bridgehead atoms. The van der Waals surface area contributed by atoms with Crippen LogP contribution < -0.4 is 4.74 Å². The van der Waals surface area contributed by atoms with E-state index in [1.165, 1.54) is 22.3 Å². The molecule has 0 unspecified atom stereocenters. The monoisotopic (exact) mass is 432 g/mol. The summed E-state index contributed by atoms with van der Waals surface area (Å²) < 4.78 is 7.49. The number of ether oxygens (including phenoxy) is 1. The Bertz CT molecular complexity index is 1060. The van der Waals surface area contributed by atoms with Gasteiger partial charge in [-0.3, -0.25) is 0 Å². The lowest BCUT2D eigenvalue weighted by molar-refractivity contribution is -0.0190. The molecule has 0 aromatic heterocycles. The fraction of sp³-hybridized carbons (Fsp3) is 0.208. The van der Waals surface area contributed by atoms with Crippen molar-refractivity contribution in [1.82, 2.24) is 5.01 Å². The lowest BCUT2D eigenvalue weighted by atomic mass is 9.95. The highest BCUT2D eigenvalue weighted by Gasteiger charge is 2.41. The highest BCUT2D eigenvalue weighted by Crippen LogP contribution is 2.48. The number of hydrazone groups is 1. The van der Waals surface area contributed by atoms with Gasteiger partial charge in [0.25, 0.3) is 0 Å². The standard InChI is InChI=1S/C24H21BrN2O/c1-15-3-7-17(8-4-15)21-14-22-20-13-19(25)11-12-23(20)28-24(27(22)26-21)18-9-5-16(2)6-10-18/h3-13,22,24H,14H2,1-2H3/t22-,24+/m0/s1. The number of fused-ring (bicyclic) bond motifs is 3. The molecule has 140 valence electrons. The fourth-order valence-corrected chi connectivity index (χ4v) is 4.31. The predicted octanol–water partition coefficient (Wildman–Crippen LogP) is 6.31. The molecule has 3 aromatic rings. The molecule has 3 nitrogen and oxygen atoms in total. The fourth-order valence-electron chi connectivity index (χ4n) is 3.93. The molecule has 2 heterocycles. The summed E-state index contributed by atoms with van der Waals surface area (Å²) in [4.78, 5) is 0. The molecular weight excluding hydrogens is 412 g/mol. The van der Waals surface area contributed by atoms with Gasteiger partial charge in [0.15, 0.2) is 0 Å². The Hall–Kier alpha value is -2.59. The molecule has 2 aliphatic heterocycles. The molecule has 0 spiro atoms. The Kier molecular flexibility index (Phi) is 4.24. The third-order valence-corrected chi connectivity index (χ3v) is 5.99. The van der Waals surface area contributed by atoms with Crippen molar-refractivity contribution in [2.24, 2.45) is 5.10 Å². The molecule has 3 aromatic carbocycles. The van der Waals surface area contributed by atoms with Gasteiger partial charge in [-0.2, -0.15) is 5.10 Å². The second-order valence-electron chi connectivity index (χ2n) is 7.58. The number of nitrogens with zero attached hydrogens (tertiary/aromatic N) is 2. The summed E-state index contributed by atoms with van der Waals surface area (Å²) >= 11 is 3.61. The first-order chi connectivity index (χ1) is 13.6. The number of halogens is 1. The molecule has 5 rings (SSSR count). The smallest absolute Gasteiger partial charge is 0.213 e. The van der Waals surface area contributed by atoms with Crippen LogP contribution in [0.4, 0.5) is 0 Å². The topological polar surface area (TPSA) is 24.8 Å². The molecule has 4 heteroatoms. The molecule has 0 saturated carbocycles. The summed E-state index contributed by atoms with van der Waals surface area (Å²) in [5.41, 5.74) is 7.10. The van der Waals surface area contributed by atoms with Crippen molar-refractivity contribution in [3.05, 3.63) is 99.0 Å². The highest BCUT2D eigenvalue weighted by molar-refractivity contribution is 9.10. The maximum atomic E-state index is 6.43. The summed E-state index contributed by atoms with van der Waals surface area (Å²) in [5.74, 6) is 0.940. The maximum absolute atomic E-state index is 6.43. The van der Waals surface area contributed by atoms with E-state index in [4.69, 9.17) is 9.84 Å². The maximum Gasteiger partial charge on any atom is 0.213 e. The number of benzene rings is 3. The van der Waals surface area contributed by atoms with Crippen LogP contribution in [0.2, 0.25) is 0 Å². The van der Waals surface area contributed by atoms with Crippen LogP contribution in [0.15, 0.2) is 76.3 Å². The quantitative estimate of drug-likeness (QED) is 0.473. The third kappa shape index (κ3) is 3.02. The summed E-state index contributed by atoms with van der Waals surface area (Å²) in [6.07, 6.45) is 0.653. The predicted molar refractivity (Wildman–Crippen MR) is 116 cm³/mol. The van der Waals surface area contributed by atoms with Gasteiger partial charge < -0.3 is 4.74 Å².